The predicted molar refractivity (Wildman–Crippen MR) is 75.4 cm³/mol. The van der Waals surface area contributed by atoms with Gasteiger partial charge in [-0.3, -0.25) is 0 Å². The molecule has 2 aromatic carbocycles. The van der Waals surface area contributed by atoms with Gasteiger partial charge in [0.05, 0.1) is 0 Å². The number of benzene rings is 2. The average molecular weight is 303 g/mol. The van der Waals surface area contributed by atoms with E-state index in [9.17, 15) is 5.11 Å². The molecule has 1 aliphatic carbocycles. The van der Waals surface area contributed by atoms with Crippen molar-refractivity contribution in [2.24, 2.45) is 0 Å². The van der Waals surface area contributed by atoms with Crippen LogP contribution in [0.5, 0.6) is 0 Å². The van der Waals surface area contributed by atoms with Crippen LogP contribution in [0.15, 0.2) is 54.6 Å². The molecule has 2 atom stereocenters. The number of hydrogen-bond donors (Lipinski definition) is 1. The van der Waals surface area contributed by atoms with Crippen LogP contribution in [0.4, 0.5) is 0 Å². The first kappa shape index (κ1) is 12.0. The Morgan fingerprint density at radius 2 is 1.44 bits per heavy atom. The maximum absolute atomic E-state index is 10.3. The second kappa shape index (κ2) is 5.27. The molecule has 0 fully saturated rings. The molecule has 18 heavy (non-hydrogen) atoms. The van der Waals surface area contributed by atoms with Gasteiger partial charge in [0.2, 0.25) is 0 Å². The zero-order valence-corrected chi connectivity index (χ0v) is 11.8. The van der Waals surface area contributed by atoms with E-state index in [1.807, 2.05) is 6.07 Å². The van der Waals surface area contributed by atoms with E-state index < -0.39 is 0 Å². The Hall–Kier alpha value is -1.08. The first-order valence-corrected chi connectivity index (χ1v) is 8.14. The fraction of sp³-hybridized carbons (Fsp3) is 0.250. The van der Waals surface area contributed by atoms with E-state index >= 15 is 0 Å². The summed E-state index contributed by atoms with van der Waals surface area (Å²) in [6.07, 6.45) is 1.65. The van der Waals surface area contributed by atoms with E-state index in [0.29, 0.717) is 19.8 Å². The summed E-state index contributed by atoms with van der Waals surface area (Å²) < 4.78 is 1.38. The van der Waals surface area contributed by atoms with Gasteiger partial charge in [-0.2, -0.15) is 0 Å². The molecule has 2 unspecified atom stereocenters. The molecule has 0 aliphatic heterocycles. The molecule has 1 N–H and O–H groups in total. The number of hydrogen-bond acceptors (Lipinski definition) is 1. The molecule has 1 aliphatic rings. The van der Waals surface area contributed by atoms with Crippen LogP contribution in [0.1, 0.15) is 11.1 Å². The van der Waals surface area contributed by atoms with Crippen LogP contribution in [0, 0.1) is 0 Å². The summed E-state index contributed by atoms with van der Waals surface area (Å²) in [7, 11) is 0. The molecule has 1 nitrogen and oxygen atoms in total. The number of fused-ring (bicyclic) bond motifs is 1. The standard InChI is InChI=1S/C16H16OSe/c17-15-10-12-6-4-5-7-13(12)11-16(15)18-14-8-2-1-3-9-14/h1-9,15-17H,10-11H2. The summed E-state index contributed by atoms with van der Waals surface area (Å²) in [5.41, 5.74) is 2.75. The topological polar surface area (TPSA) is 20.2 Å². The molecule has 0 saturated carbocycles. The Balaban J connectivity index is 1.79. The van der Waals surface area contributed by atoms with Crippen LogP contribution in [-0.4, -0.2) is 26.2 Å². The summed E-state index contributed by atoms with van der Waals surface area (Å²) in [4.78, 5) is 0.412. The van der Waals surface area contributed by atoms with Crippen LogP contribution in [-0.2, 0) is 12.8 Å². The monoisotopic (exact) mass is 304 g/mol. The van der Waals surface area contributed by atoms with Crippen LogP contribution in [0.2, 0.25) is 4.82 Å². The minimum absolute atomic E-state index is 0.180. The summed E-state index contributed by atoms with van der Waals surface area (Å²) in [5.74, 6) is 0. The molecule has 2 aromatic rings. The third kappa shape index (κ3) is 2.51. The molecule has 0 saturated heterocycles. The van der Waals surface area contributed by atoms with Crippen LogP contribution < -0.4 is 4.46 Å². The van der Waals surface area contributed by atoms with Gasteiger partial charge >= 0.3 is 114 Å². The predicted octanol–water partition coefficient (Wildman–Crippen LogP) is 1.96. The number of aliphatic hydroxyl groups excluding tert-OH is 1. The van der Waals surface area contributed by atoms with Crippen molar-refractivity contribution in [2.75, 3.05) is 0 Å². The SMILES string of the molecule is OC1Cc2ccccc2CC1[Se]c1ccccc1. The molecular formula is C16H16OSe. The molecule has 0 bridgehead atoms. The number of rotatable bonds is 2. The molecular weight excluding hydrogens is 287 g/mol. The minimum atomic E-state index is -0.180. The van der Waals surface area contributed by atoms with Gasteiger partial charge in [-0.05, 0) is 0 Å². The van der Waals surface area contributed by atoms with Gasteiger partial charge in [-0.1, -0.05) is 0 Å². The normalized spacial score (nSPS) is 22.5. The van der Waals surface area contributed by atoms with Crippen molar-refractivity contribution < 1.29 is 5.11 Å². The van der Waals surface area contributed by atoms with Gasteiger partial charge in [0.15, 0.2) is 0 Å². The van der Waals surface area contributed by atoms with Crippen LogP contribution in [0.3, 0.4) is 0 Å². The summed E-state index contributed by atoms with van der Waals surface area (Å²) >= 11 is 0.355. The van der Waals surface area contributed by atoms with Crippen molar-refractivity contribution in [3.63, 3.8) is 0 Å². The second-order valence-corrected chi connectivity index (χ2v) is 7.47. The van der Waals surface area contributed by atoms with E-state index in [1.54, 1.807) is 0 Å². The number of aliphatic hydroxyl groups is 1. The van der Waals surface area contributed by atoms with Gasteiger partial charge in [0.1, 0.15) is 0 Å². The third-order valence-corrected chi connectivity index (χ3v) is 6.21. The quantitative estimate of drug-likeness (QED) is 0.841. The summed E-state index contributed by atoms with van der Waals surface area (Å²) in [6.45, 7) is 0. The van der Waals surface area contributed by atoms with E-state index in [0.717, 1.165) is 12.8 Å². The van der Waals surface area contributed by atoms with Crippen molar-refractivity contribution in [1.82, 2.24) is 0 Å². The molecule has 92 valence electrons. The van der Waals surface area contributed by atoms with E-state index in [2.05, 4.69) is 48.5 Å². The molecule has 0 spiro atoms. The van der Waals surface area contributed by atoms with Gasteiger partial charge in [-0.25, -0.2) is 0 Å². The van der Waals surface area contributed by atoms with E-state index in [-0.39, 0.29) is 6.10 Å². The molecule has 0 amide bonds. The fourth-order valence-electron chi connectivity index (χ4n) is 2.46. The first-order valence-electron chi connectivity index (χ1n) is 6.29. The third-order valence-electron chi connectivity index (χ3n) is 3.43. The first-order chi connectivity index (χ1) is 8.83. The van der Waals surface area contributed by atoms with Gasteiger partial charge in [0, 0.05) is 0 Å². The zero-order valence-electron chi connectivity index (χ0n) is 10.1. The molecule has 0 heterocycles. The van der Waals surface area contributed by atoms with Crippen LogP contribution >= 0.6 is 0 Å². The van der Waals surface area contributed by atoms with E-state index in [1.165, 1.54) is 15.6 Å². The van der Waals surface area contributed by atoms with Crippen LogP contribution in [0.25, 0.3) is 0 Å². The van der Waals surface area contributed by atoms with Crippen molar-refractivity contribution in [3.8, 4) is 0 Å². The molecule has 2 heteroatoms. The van der Waals surface area contributed by atoms with Gasteiger partial charge in [0.25, 0.3) is 0 Å². The summed E-state index contributed by atoms with van der Waals surface area (Å²) in [6, 6.07) is 19.1. The maximum atomic E-state index is 10.3. The molecule has 3 rings (SSSR count). The van der Waals surface area contributed by atoms with Crippen molar-refractivity contribution >= 4 is 19.4 Å². The molecule has 0 radical (unpaired) electrons. The van der Waals surface area contributed by atoms with Crippen molar-refractivity contribution in [3.05, 3.63) is 65.7 Å². The second-order valence-electron chi connectivity index (χ2n) is 4.71. The summed E-state index contributed by atoms with van der Waals surface area (Å²) in [5, 5.41) is 10.3. The average Bonchev–Trinajstić information content (AvgIpc) is 2.41. The Kier molecular flexibility index (Phi) is 3.51. The zero-order chi connectivity index (χ0) is 12.4. The van der Waals surface area contributed by atoms with Crippen molar-refractivity contribution in [1.29, 1.82) is 0 Å². The molecule has 0 aromatic heterocycles. The van der Waals surface area contributed by atoms with Gasteiger partial charge in [-0.15, -0.1) is 0 Å². The van der Waals surface area contributed by atoms with Gasteiger partial charge < -0.3 is 0 Å². The Bertz CT molecular complexity index is 524. The van der Waals surface area contributed by atoms with Crippen molar-refractivity contribution in [2.45, 2.75) is 23.8 Å². The Morgan fingerprint density at radius 3 is 2.17 bits per heavy atom. The van der Waals surface area contributed by atoms with E-state index in [4.69, 9.17) is 0 Å². The Morgan fingerprint density at radius 1 is 0.833 bits per heavy atom. The fourth-order valence-corrected chi connectivity index (χ4v) is 4.94. The Labute approximate surface area is 114 Å².